The maximum atomic E-state index is 12.7. The molecule has 1 amide bonds. The van der Waals surface area contributed by atoms with Gasteiger partial charge in [0.25, 0.3) is 11.5 Å². The Morgan fingerprint density at radius 1 is 0.926 bits per heavy atom. The second-order valence-corrected chi connectivity index (χ2v) is 6.07. The van der Waals surface area contributed by atoms with Crippen LogP contribution in [0.2, 0.25) is 0 Å². The molecule has 0 saturated carbocycles. The highest BCUT2D eigenvalue weighted by Crippen LogP contribution is 2.04. The van der Waals surface area contributed by atoms with Crippen molar-refractivity contribution in [3.63, 3.8) is 0 Å². The Balaban J connectivity index is 1.52. The maximum Gasteiger partial charge on any atom is 0.263 e. The van der Waals surface area contributed by atoms with Gasteiger partial charge in [-0.2, -0.15) is 0 Å². The van der Waals surface area contributed by atoms with Crippen LogP contribution in [-0.2, 0) is 13.1 Å². The Morgan fingerprint density at radius 2 is 1.74 bits per heavy atom. The van der Waals surface area contributed by atoms with Gasteiger partial charge in [-0.1, -0.05) is 36.4 Å². The van der Waals surface area contributed by atoms with Crippen molar-refractivity contribution in [1.29, 1.82) is 0 Å². The lowest BCUT2D eigenvalue weighted by molar-refractivity contribution is 0.0947. The van der Waals surface area contributed by atoms with Crippen LogP contribution in [0.5, 0.6) is 0 Å². The van der Waals surface area contributed by atoms with Crippen molar-refractivity contribution in [2.75, 3.05) is 0 Å². The number of benzene rings is 1. The molecule has 0 saturated heterocycles. The predicted octanol–water partition coefficient (Wildman–Crippen LogP) is 1.87. The molecule has 0 aliphatic carbocycles. The predicted molar refractivity (Wildman–Crippen MR) is 100 cm³/mol. The summed E-state index contributed by atoms with van der Waals surface area (Å²) < 4.78 is 3.32. The van der Waals surface area contributed by atoms with Crippen molar-refractivity contribution >= 4 is 11.6 Å². The summed E-state index contributed by atoms with van der Waals surface area (Å²) in [6.07, 6.45) is 3.50. The van der Waals surface area contributed by atoms with Gasteiger partial charge in [-0.05, 0) is 29.8 Å². The molecule has 27 heavy (non-hydrogen) atoms. The highest BCUT2D eigenvalue weighted by Gasteiger charge is 2.13. The van der Waals surface area contributed by atoms with E-state index in [9.17, 15) is 9.59 Å². The van der Waals surface area contributed by atoms with Crippen LogP contribution >= 0.6 is 0 Å². The third-order valence-electron chi connectivity index (χ3n) is 4.25. The summed E-state index contributed by atoms with van der Waals surface area (Å²) in [7, 11) is 0. The van der Waals surface area contributed by atoms with Crippen LogP contribution in [-0.4, -0.2) is 25.1 Å². The van der Waals surface area contributed by atoms with E-state index < -0.39 is 5.91 Å². The average Bonchev–Trinajstić information content (AvgIpc) is 3.12. The molecule has 0 unspecified atom stereocenters. The van der Waals surface area contributed by atoms with Gasteiger partial charge in [-0.25, -0.2) is 0 Å². The van der Waals surface area contributed by atoms with Gasteiger partial charge >= 0.3 is 0 Å². The van der Waals surface area contributed by atoms with Crippen molar-refractivity contribution in [3.05, 3.63) is 100 Å². The number of amides is 1. The van der Waals surface area contributed by atoms with Crippen molar-refractivity contribution in [2.45, 2.75) is 13.1 Å². The minimum Gasteiger partial charge on any atom is -0.345 e. The van der Waals surface area contributed by atoms with E-state index >= 15 is 0 Å². The van der Waals surface area contributed by atoms with Gasteiger partial charge in [0, 0.05) is 12.4 Å². The number of hydrogen-bond acceptors (Lipinski definition) is 4. The number of fused-ring (bicyclic) bond motifs is 1. The number of nitrogens with one attached hydrogen (secondary N) is 1. The molecule has 3 aromatic heterocycles. The van der Waals surface area contributed by atoms with Crippen LogP contribution in [0.3, 0.4) is 0 Å². The second-order valence-electron chi connectivity index (χ2n) is 6.07. The fraction of sp³-hybridized carbons (Fsp3) is 0.100. The molecule has 0 aliphatic rings. The molecule has 4 rings (SSSR count). The molecule has 0 spiro atoms. The first-order valence-electron chi connectivity index (χ1n) is 8.52. The lowest BCUT2D eigenvalue weighted by atomic mass is 10.2. The summed E-state index contributed by atoms with van der Waals surface area (Å²) in [4.78, 5) is 25.2. The third-order valence-corrected chi connectivity index (χ3v) is 4.25. The lowest BCUT2D eigenvalue weighted by Gasteiger charge is -2.08. The Hall–Kier alpha value is -3.74. The summed E-state index contributed by atoms with van der Waals surface area (Å²) in [5.74, 6) is 0.162. The van der Waals surface area contributed by atoms with Crippen LogP contribution in [0.1, 0.15) is 21.7 Å². The molecule has 7 heteroatoms. The van der Waals surface area contributed by atoms with Gasteiger partial charge in [0.2, 0.25) is 0 Å². The quantitative estimate of drug-likeness (QED) is 0.590. The molecule has 134 valence electrons. The molecular formula is C20H17N5O2. The molecule has 0 fully saturated rings. The zero-order valence-electron chi connectivity index (χ0n) is 14.4. The van der Waals surface area contributed by atoms with Crippen LogP contribution in [0.15, 0.2) is 77.9 Å². The van der Waals surface area contributed by atoms with E-state index in [0.717, 1.165) is 5.56 Å². The largest absolute Gasteiger partial charge is 0.345 e. The minimum absolute atomic E-state index is 0.0993. The molecule has 1 aromatic carbocycles. The average molecular weight is 359 g/mol. The van der Waals surface area contributed by atoms with Gasteiger partial charge in [-0.3, -0.25) is 14.0 Å². The number of rotatable bonds is 5. The Kier molecular flexibility index (Phi) is 4.49. The summed E-state index contributed by atoms with van der Waals surface area (Å²) in [5.41, 5.74) is 1.46. The number of carbonyl (C=O) groups is 1. The molecule has 7 nitrogen and oxygen atoms in total. The molecule has 0 atom stereocenters. The lowest BCUT2D eigenvalue weighted by Crippen LogP contribution is -2.33. The Labute approximate surface area is 154 Å². The number of pyridine rings is 2. The van der Waals surface area contributed by atoms with Crippen molar-refractivity contribution in [1.82, 2.24) is 24.5 Å². The van der Waals surface area contributed by atoms with Gasteiger partial charge in [0.15, 0.2) is 11.5 Å². The topological polar surface area (TPSA) is 81.3 Å². The second kappa shape index (κ2) is 7.25. The zero-order valence-corrected chi connectivity index (χ0v) is 14.4. The van der Waals surface area contributed by atoms with Crippen molar-refractivity contribution in [3.8, 4) is 0 Å². The van der Waals surface area contributed by atoms with Crippen LogP contribution in [0, 0.1) is 0 Å². The van der Waals surface area contributed by atoms with Crippen molar-refractivity contribution < 1.29 is 4.79 Å². The third kappa shape index (κ3) is 3.48. The number of nitrogens with zero attached hydrogens (tertiary/aromatic N) is 4. The Bertz CT molecular complexity index is 1150. The molecule has 0 aliphatic heterocycles. The SMILES string of the molecule is O=C(NCc1nnc2ccccn12)c1cccn(Cc2ccccc2)c1=O. The van der Waals surface area contributed by atoms with E-state index in [1.807, 2.05) is 54.7 Å². The Morgan fingerprint density at radius 3 is 2.59 bits per heavy atom. The molecular weight excluding hydrogens is 342 g/mol. The number of aromatic nitrogens is 4. The normalized spacial score (nSPS) is 10.8. The number of carbonyl (C=O) groups excluding carboxylic acids is 1. The minimum atomic E-state index is -0.435. The molecule has 0 radical (unpaired) electrons. The first-order chi connectivity index (χ1) is 13.2. The van der Waals surface area contributed by atoms with E-state index in [1.54, 1.807) is 16.7 Å². The summed E-state index contributed by atoms with van der Waals surface area (Å²) in [6, 6.07) is 18.4. The van der Waals surface area contributed by atoms with E-state index in [1.165, 1.54) is 10.6 Å². The molecule has 0 bridgehead atoms. The van der Waals surface area contributed by atoms with Crippen LogP contribution in [0.4, 0.5) is 0 Å². The van der Waals surface area contributed by atoms with Gasteiger partial charge < -0.3 is 9.88 Å². The molecule has 3 heterocycles. The zero-order chi connectivity index (χ0) is 18.6. The van der Waals surface area contributed by atoms with E-state index in [-0.39, 0.29) is 17.7 Å². The maximum absolute atomic E-state index is 12.7. The van der Waals surface area contributed by atoms with E-state index in [0.29, 0.717) is 18.0 Å². The van der Waals surface area contributed by atoms with Gasteiger partial charge in [0.05, 0.1) is 13.1 Å². The van der Waals surface area contributed by atoms with E-state index in [2.05, 4.69) is 15.5 Å². The standard InChI is InChI=1S/C20H17N5O2/c26-19(21-13-18-23-22-17-10-4-5-12-25(17)18)16-9-6-11-24(20(16)27)14-15-7-2-1-3-8-15/h1-12H,13-14H2,(H,21,26). The smallest absolute Gasteiger partial charge is 0.263 e. The van der Waals surface area contributed by atoms with Gasteiger partial charge in [-0.15, -0.1) is 10.2 Å². The highest BCUT2D eigenvalue weighted by atomic mass is 16.2. The summed E-state index contributed by atoms with van der Waals surface area (Å²) in [5, 5.41) is 10.9. The fourth-order valence-corrected chi connectivity index (χ4v) is 2.88. The number of hydrogen-bond donors (Lipinski definition) is 1. The fourth-order valence-electron chi connectivity index (χ4n) is 2.88. The van der Waals surface area contributed by atoms with Crippen LogP contribution in [0.25, 0.3) is 5.65 Å². The van der Waals surface area contributed by atoms with Crippen LogP contribution < -0.4 is 10.9 Å². The first kappa shape index (κ1) is 16.7. The summed E-state index contributed by atoms with van der Waals surface area (Å²) >= 11 is 0. The molecule has 4 aromatic rings. The van der Waals surface area contributed by atoms with Crippen molar-refractivity contribution in [2.24, 2.45) is 0 Å². The van der Waals surface area contributed by atoms with Gasteiger partial charge in [0.1, 0.15) is 5.56 Å². The first-order valence-corrected chi connectivity index (χ1v) is 8.52. The van der Waals surface area contributed by atoms with E-state index in [4.69, 9.17) is 0 Å². The summed E-state index contributed by atoms with van der Waals surface area (Å²) in [6.45, 7) is 0.590. The highest BCUT2D eigenvalue weighted by molar-refractivity contribution is 5.93. The monoisotopic (exact) mass is 359 g/mol. The molecule has 1 N–H and O–H groups in total.